The molecule has 2 amide bonds. The summed E-state index contributed by atoms with van der Waals surface area (Å²) in [4.78, 5) is 16.6. The van der Waals surface area contributed by atoms with Crippen LogP contribution in [0.3, 0.4) is 0 Å². The van der Waals surface area contributed by atoms with Crippen LogP contribution in [0.5, 0.6) is 0 Å². The van der Waals surface area contributed by atoms with Gasteiger partial charge in [-0.05, 0) is 42.7 Å². The van der Waals surface area contributed by atoms with Gasteiger partial charge in [-0.15, -0.1) is 0 Å². The van der Waals surface area contributed by atoms with Crippen molar-refractivity contribution in [2.45, 2.75) is 32.7 Å². The molecule has 25 heavy (non-hydrogen) atoms. The van der Waals surface area contributed by atoms with Gasteiger partial charge in [-0.3, -0.25) is 0 Å². The molecule has 2 aromatic carbocycles. The number of benzene rings is 2. The molecule has 0 aromatic heterocycles. The third kappa shape index (κ3) is 3.95. The van der Waals surface area contributed by atoms with Gasteiger partial charge in [0, 0.05) is 31.0 Å². The minimum atomic E-state index is -0.0161. The molecule has 4 nitrogen and oxygen atoms in total. The Labute approximate surface area is 150 Å². The summed E-state index contributed by atoms with van der Waals surface area (Å²) >= 11 is 0. The predicted molar refractivity (Wildman–Crippen MR) is 104 cm³/mol. The number of nitrogens with one attached hydrogen (secondary N) is 1. The fraction of sp³-hybridized carbons (Fsp3) is 0.381. The first-order chi connectivity index (χ1) is 12.1. The lowest BCUT2D eigenvalue weighted by atomic mass is 10.0. The molecule has 0 unspecified atom stereocenters. The van der Waals surface area contributed by atoms with Gasteiger partial charge in [-0.25, -0.2) is 4.79 Å². The molecule has 1 N–H and O–H groups in total. The molecule has 0 radical (unpaired) electrons. The molecule has 4 heteroatoms. The summed E-state index contributed by atoms with van der Waals surface area (Å²) in [6, 6.07) is 18.9. The van der Waals surface area contributed by atoms with Gasteiger partial charge in [0.1, 0.15) is 0 Å². The molecule has 0 bridgehead atoms. The summed E-state index contributed by atoms with van der Waals surface area (Å²) in [5.41, 5.74) is 3.36. The second-order valence-corrected chi connectivity index (χ2v) is 6.89. The Kier molecular flexibility index (Phi) is 5.27. The van der Waals surface area contributed by atoms with E-state index < -0.39 is 0 Å². The van der Waals surface area contributed by atoms with Crippen LogP contribution in [0.4, 0.5) is 16.2 Å². The zero-order chi connectivity index (χ0) is 17.8. The van der Waals surface area contributed by atoms with Crippen molar-refractivity contribution in [3.8, 4) is 0 Å². The lowest BCUT2D eigenvalue weighted by Gasteiger charge is -2.46. The second kappa shape index (κ2) is 7.60. The molecule has 0 saturated carbocycles. The molecule has 0 atom stereocenters. The van der Waals surface area contributed by atoms with Crippen LogP contribution < -0.4 is 10.2 Å². The standard InChI is InChI=1S/C21H27N3O/c1-4-24(19-8-6-5-7-9-19)20-14-23(15-20)21(25)22-18-12-10-17(11-13-18)16(2)3/h5-13,16,20H,4,14-15H2,1-3H3,(H,22,25). The van der Waals surface area contributed by atoms with Gasteiger partial charge in [-0.1, -0.05) is 44.2 Å². The first kappa shape index (κ1) is 17.3. The summed E-state index contributed by atoms with van der Waals surface area (Å²) < 4.78 is 0. The van der Waals surface area contributed by atoms with Gasteiger partial charge in [0.15, 0.2) is 0 Å². The zero-order valence-corrected chi connectivity index (χ0v) is 15.3. The number of urea groups is 1. The number of para-hydroxylation sites is 1. The van der Waals surface area contributed by atoms with E-state index in [9.17, 15) is 4.79 Å². The Bertz CT molecular complexity index is 691. The summed E-state index contributed by atoms with van der Waals surface area (Å²) in [5, 5.41) is 3.00. The first-order valence-electron chi connectivity index (χ1n) is 9.06. The highest BCUT2D eigenvalue weighted by Gasteiger charge is 2.34. The van der Waals surface area contributed by atoms with Crippen molar-refractivity contribution in [2.24, 2.45) is 0 Å². The number of carbonyl (C=O) groups is 1. The second-order valence-electron chi connectivity index (χ2n) is 6.89. The molecular weight excluding hydrogens is 310 g/mol. The van der Waals surface area contributed by atoms with E-state index in [2.05, 4.69) is 67.4 Å². The molecule has 1 saturated heterocycles. The quantitative estimate of drug-likeness (QED) is 0.868. The zero-order valence-electron chi connectivity index (χ0n) is 15.3. The van der Waals surface area contributed by atoms with E-state index in [0.717, 1.165) is 25.3 Å². The smallest absolute Gasteiger partial charge is 0.321 e. The summed E-state index contributed by atoms with van der Waals surface area (Å²) in [7, 11) is 0. The molecule has 1 aliphatic rings. The first-order valence-corrected chi connectivity index (χ1v) is 9.06. The molecule has 0 aliphatic carbocycles. The largest absolute Gasteiger partial charge is 0.365 e. The SMILES string of the molecule is CCN(c1ccccc1)C1CN(C(=O)Nc2ccc(C(C)C)cc2)C1. The van der Waals surface area contributed by atoms with Gasteiger partial charge in [0.25, 0.3) is 0 Å². The number of nitrogens with zero attached hydrogens (tertiary/aromatic N) is 2. The maximum atomic E-state index is 12.4. The predicted octanol–water partition coefficient (Wildman–Crippen LogP) is 4.55. The Morgan fingerprint density at radius 3 is 2.32 bits per heavy atom. The van der Waals surface area contributed by atoms with Crippen molar-refractivity contribution < 1.29 is 4.79 Å². The number of hydrogen-bond acceptors (Lipinski definition) is 2. The van der Waals surface area contributed by atoms with Crippen LogP contribution in [0.2, 0.25) is 0 Å². The van der Waals surface area contributed by atoms with Gasteiger partial charge < -0.3 is 15.1 Å². The van der Waals surface area contributed by atoms with Crippen LogP contribution in [0, 0.1) is 0 Å². The van der Waals surface area contributed by atoms with Gasteiger partial charge >= 0.3 is 6.03 Å². The van der Waals surface area contributed by atoms with E-state index in [1.54, 1.807) is 0 Å². The lowest BCUT2D eigenvalue weighted by Crippen LogP contribution is -2.62. The van der Waals surface area contributed by atoms with Crippen LogP contribution in [-0.2, 0) is 0 Å². The molecule has 3 rings (SSSR count). The van der Waals surface area contributed by atoms with E-state index in [1.165, 1.54) is 11.3 Å². The summed E-state index contributed by atoms with van der Waals surface area (Å²) in [5.74, 6) is 0.499. The fourth-order valence-corrected chi connectivity index (χ4v) is 3.24. The fourth-order valence-electron chi connectivity index (χ4n) is 3.24. The highest BCUT2D eigenvalue weighted by molar-refractivity contribution is 5.90. The van der Waals surface area contributed by atoms with Crippen LogP contribution in [0.15, 0.2) is 54.6 Å². The molecular formula is C21H27N3O. The normalized spacial score (nSPS) is 14.3. The molecule has 1 heterocycles. The lowest BCUT2D eigenvalue weighted by molar-refractivity contribution is 0.161. The topological polar surface area (TPSA) is 35.6 Å². The molecule has 2 aromatic rings. The van der Waals surface area contributed by atoms with E-state index in [1.807, 2.05) is 23.1 Å². The number of amides is 2. The maximum absolute atomic E-state index is 12.4. The molecule has 1 aliphatic heterocycles. The van der Waals surface area contributed by atoms with Gasteiger partial charge in [-0.2, -0.15) is 0 Å². The van der Waals surface area contributed by atoms with Crippen LogP contribution >= 0.6 is 0 Å². The number of carbonyl (C=O) groups excluding carboxylic acids is 1. The van der Waals surface area contributed by atoms with E-state index in [0.29, 0.717) is 12.0 Å². The van der Waals surface area contributed by atoms with Crippen molar-refractivity contribution >= 4 is 17.4 Å². The Balaban J connectivity index is 1.54. The van der Waals surface area contributed by atoms with Crippen molar-refractivity contribution in [3.63, 3.8) is 0 Å². The van der Waals surface area contributed by atoms with Crippen LogP contribution in [0.25, 0.3) is 0 Å². The number of likely N-dealkylation sites (N-methyl/N-ethyl adjacent to an activating group) is 1. The average Bonchev–Trinajstić information content (AvgIpc) is 2.58. The summed E-state index contributed by atoms with van der Waals surface area (Å²) in [6.07, 6.45) is 0. The van der Waals surface area contributed by atoms with E-state index in [-0.39, 0.29) is 6.03 Å². The Morgan fingerprint density at radius 2 is 1.76 bits per heavy atom. The van der Waals surface area contributed by atoms with Crippen LogP contribution in [-0.4, -0.2) is 36.6 Å². The van der Waals surface area contributed by atoms with Crippen molar-refractivity contribution in [3.05, 3.63) is 60.2 Å². The number of anilines is 2. The Hall–Kier alpha value is -2.49. The van der Waals surface area contributed by atoms with Crippen molar-refractivity contribution in [2.75, 3.05) is 29.9 Å². The minimum Gasteiger partial charge on any atom is -0.365 e. The summed E-state index contributed by atoms with van der Waals surface area (Å²) in [6.45, 7) is 8.96. The van der Waals surface area contributed by atoms with Gasteiger partial charge in [0.05, 0.1) is 6.04 Å². The van der Waals surface area contributed by atoms with E-state index in [4.69, 9.17) is 0 Å². The van der Waals surface area contributed by atoms with Crippen molar-refractivity contribution in [1.29, 1.82) is 0 Å². The average molecular weight is 337 g/mol. The number of hydrogen-bond donors (Lipinski definition) is 1. The van der Waals surface area contributed by atoms with Crippen molar-refractivity contribution in [1.82, 2.24) is 4.90 Å². The molecule has 1 fully saturated rings. The maximum Gasteiger partial charge on any atom is 0.321 e. The minimum absolute atomic E-state index is 0.0161. The monoisotopic (exact) mass is 337 g/mol. The third-order valence-electron chi connectivity index (χ3n) is 4.85. The number of likely N-dealkylation sites (tertiary alicyclic amines) is 1. The van der Waals surface area contributed by atoms with Gasteiger partial charge in [0.2, 0.25) is 0 Å². The van der Waals surface area contributed by atoms with Crippen LogP contribution in [0.1, 0.15) is 32.3 Å². The third-order valence-corrected chi connectivity index (χ3v) is 4.85. The highest BCUT2D eigenvalue weighted by atomic mass is 16.2. The molecule has 132 valence electrons. The number of rotatable bonds is 5. The van der Waals surface area contributed by atoms with E-state index >= 15 is 0 Å². The molecule has 0 spiro atoms. The Morgan fingerprint density at radius 1 is 1.12 bits per heavy atom. The highest BCUT2D eigenvalue weighted by Crippen LogP contribution is 2.23.